The summed E-state index contributed by atoms with van der Waals surface area (Å²) in [5.74, 6) is -4.67. The fraction of sp³-hybridized carbons (Fsp3) is 0.611. The van der Waals surface area contributed by atoms with Gasteiger partial charge in [0.25, 0.3) is 5.91 Å². The van der Waals surface area contributed by atoms with Gasteiger partial charge in [0.05, 0.1) is 24.1 Å². The predicted octanol–water partition coefficient (Wildman–Crippen LogP) is 4.02. The maximum absolute atomic E-state index is 14.2. The van der Waals surface area contributed by atoms with Crippen LogP contribution in [0.25, 0.3) is 0 Å². The molecule has 7 atom stereocenters. The summed E-state index contributed by atoms with van der Waals surface area (Å²) in [6.07, 6.45) is 7.10. The Morgan fingerprint density at radius 3 is 2.40 bits per heavy atom. The molecule has 1 aromatic rings. The Morgan fingerprint density at radius 1 is 1.02 bits per heavy atom. The molecule has 14 heteroatoms. The Balaban J connectivity index is 1.31. The second-order valence-corrected chi connectivity index (χ2v) is 15.3. The number of carbonyl (C=O) groups is 5. The van der Waals surface area contributed by atoms with Crippen molar-refractivity contribution in [3.63, 3.8) is 0 Å². The predicted molar refractivity (Wildman–Crippen MR) is 187 cm³/mol. The molecule has 0 aromatic heterocycles. The van der Waals surface area contributed by atoms with Crippen LogP contribution in [0.2, 0.25) is 0 Å². The average molecular weight is 734 g/mol. The number of carbonyl (C=O) groups excluding carboxylic acids is 4. The topological polar surface area (TPSA) is 172 Å². The lowest BCUT2D eigenvalue weighted by Gasteiger charge is -2.30. The van der Waals surface area contributed by atoms with E-state index in [2.05, 4.69) is 21.1 Å². The van der Waals surface area contributed by atoms with Crippen molar-refractivity contribution in [2.45, 2.75) is 113 Å². The minimum atomic E-state index is -1.66. The van der Waals surface area contributed by atoms with Crippen LogP contribution < -0.4 is 16.0 Å². The standard InChI is InChI=1S/C36H46Cl2N4O8/c1-20(2)32(41-33(46)23-18-39-26-14-7-6-11-22(23)26)28-17-36(50-42-28,16-21-9-4-3-5-10-21)35(48)40-27(15-30(44)45)29(43)19-49-34(47)31-24(37)12-8-13-25(31)38/h3-5,9-10,18,20,22,24-27,31-32,39H,6-8,11-17,19H2,1-2H3,(H,40,48)(H,41,46)(H,44,45)/t22?,24?,25?,26?,27-,31?,32-,36?/m0/s1. The molecular weight excluding hydrogens is 687 g/mol. The maximum atomic E-state index is 14.2. The van der Waals surface area contributed by atoms with Crippen LogP contribution in [-0.4, -0.2) is 81.4 Å². The van der Waals surface area contributed by atoms with E-state index < -0.39 is 71.0 Å². The van der Waals surface area contributed by atoms with Crippen LogP contribution in [0.3, 0.4) is 0 Å². The molecule has 4 aliphatic rings. The molecule has 5 rings (SSSR count). The summed E-state index contributed by atoms with van der Waals surface area (Å²) >= 11 is 12.7. The zero-order valence-corrected chi connectivity index (χ0v) is 29.9. The van der Waals surface area contributed by atoms with Gasteiger partial charge in [-0.15, -0.1) is 23.2 Å². The molecule has 4 N–H and O–H groups in total. The van der Waals surface area contributed by atoms with Crippen molar-refractivity contribution in [3.05, 3.63) is 47.7 Å². The van der Waals surface area contributed by atoms with Gasteiger partial charge in [-0.1, -0.05) is 68.6 Å². The van der Waals surface area contributed by atoms with Crippen molar-refractivity contribution in [2.24, 2.45) is 22.9 Å². The van der Waals surface area contributed by atoms with E-state index in [4.69, 9.17) is 32.8 Å². The number of ether oxygens (including phenoxy) is 1. The number of amides is 2. The Bertz CT molecular complexity index is 1490. The van der Waals surface area contributed by atoms with E-state index in [-0.39, 0.29) is 36.6 Å². The number of rotatable bonds is 14. The van der Waals surface area contributed by atoms with Crippen LogP contribution in [0.5, 0.6) is 0 Å². The first kappa shape index (κ1) is 37.6. The van der Waals surface area contributed by atoms with E-state index >= 15 is 0 Å². The molecule has 2 saturated carbocycles. The first-order valence-corrected chi connectivity index (χ1v) is 18.3. The number of nitrogens with one attached hydrogen (secondary N) is 3. The minimum Gasteiger partial charge on any atom is -0.481 e. The number of Topliss-reactive ketones (excluding diaryl/α,β-unsaturated/α-hetero) is 1. The van der Waals surface area contributed by atoms with Gasteiger partial charge in [-0.3, -0.25) is 24.0 Å². The highest BCUT2D eigenvalue weighted by Crippen LogP contribution is 2.36. The van der Waals surface area contributed by atoms with Gasteiger partial charge in [-0.2, -0.15) is 0 Å². The van der Waals surface area contributed by atoms with Crippen molar-refractivity contribution in [2.75, 3.05) is 6.61 Å². The number of oxime groups is 1. The monoisotopic (exact) mass is 732 g/mol. The normalized spacial score (nSPS) is 28.5. The molecule has 2 aliphatic heterocycles. The molecule has 272 valence electrons. The fourth-order valence-electron chi connectivity index (χ4n) is 7.43. The fourth-order valence-corrected chi connectivity index (χ4v) is 8.37. The van der Waals surface area contributed by atoms with Gasteiger partial charge < -0.3 is 30.6 Å². The summed E-state index contributed by atoms with van der Waals surface area (Å²) in [6, 6.07) is 7.23. The van der Waals surface area contributed by atoms with Crippen molar-refractivity contribution >= 4 is 58.4 Å². The zero-order valence-electron chi connectivity index (χ0n) is 28.4. The van der Waals surface area contributed by atoms with E-state index in [1.165, 1.54) is 0 Å². The highest BCUT2D eigenvalue weighted by molar-refractivity contribution is 6.26. The number of carboxylic acids is 1. The second kappa shape index (κ2) is 16.6. The summed E-state index contributed by atoms with van der Waals surface area (Å²) in [5, 5.41) is 21.9. The number of nitrogens with zero attached hydrogens (tertiary/aromatic N) is 1. The minimum absolute atomic E-state index is 0.0287. The summed E-state index contributed by atoms with van der Waals surface area (Å²) in [4.78, 5) is 71.7. The van der Waals surface area contributed by atoms with E-state index in [0.29, 0.717) is 24.1 Å². The number of ketones is 1. The first-order valence-electron chi connectivity index (χ1n) is 17.4. The van der Waals surface area contributed by atoms with Gasteiger partial charge >= 0.3 is 11.9 Å². The molecule has 5 unspecified atom stereocenters. The van der Waals surface area contributed by atoms with Gasteiger partial charge in [0.1, 0.15) is 6.04 Å². The number of esters is 1. The van der Waals surface area contributed by atoms with E-state index in [1.807, 2.05) is 50.4 Å². The Hall–Kier alpha value is -3.64. The molecule has 2 amide bonds. The van der Waals surface area contributed by atoms with Gasteiger partial charge in [-0.05, 0) is 37.2 Å². The number of benzene rings is 1. The molecule has 2 fully saturated rings. The molecule has 50 heavy (non-hydrogen) atoms. The first-order chi connectivity index (χ1) is 23.9. The van der Waals surface area contributed by atoms with Crippen molar-refractivity contribution in [1.82, 2.24) is 16.0 Å². The molecule has 0 spiro atoms. The van der Waals surface area contributed by atoms with Crippen LogP contribution >= 0.6 is 23.2 Å². The highest BCUT2D eigenvalue weighted by Gasteiger charge is 2.50. The molecule has 0 bridgehead atoms. The Kier molecular flexibility index (Phi) is 12.5. The van der Waals surface area contributed by atoms with Crippen LogP contribution in [0.4, 0.5) is 0 Å². The maximum Gasteiger partial charge on any atom is 0.312 e. The van der Waals surface area contributed by atoms with Gasteiger partial charge in [0.15, 0.2) is 12.4 Å². The number of halogens is 2. The van der Waals surface area contributed by atoms with Crippen LogP contribution in [0.1, 0.15) is 77.2 Å². The third-order valence-electron chi connectivity index (χ3n) is 10.2. The van der Waals surface area contributed by atoms with Crippen molar-refractivity contribution in [1.29, 1.82) is 0 Å². The second-order valence-electron chi connectivity index (χ2n) is 14.2. The van der Waals surface area contributed by atoms with Gasteiger partial charge in [0, 0.05) is 47.3 Å². The molecule has 0 radical (unpaired) electrons. The molecule has 12 nitrogen and oxygen atoms in total. The smallest absolute Gasteiger partial charge is 0.312 e. The lowest BCUT2D eigenvalue weighted by atomic mass is 9.81. The number of fused-ring (bicyclic) bond motifs is 1. The van der Waals surface area contributed by atoms with Crippen LogP contribution in [0, 0.1) is 17.8 Å². The summed E-state index contributed by atoms with van der Waals surface area (Å²) in [6.45, 7) is 3.10. The lowest BCUT2D eigenvalue weighted by Crippen LogP contribution is -2.55. The average Bonchev–Trinajstić information content (AvgIpc) is 3.71. The Labute approximate surface area is 302 Å². The lowest BCUT2D eigenvalue weighted by molar-refractivity contribution is -0.154. The number of alkyl halides is 2. The molecule has 2 aliphatic carbocycles. The highest BCUT2D eigenvalue weighted by atomic mass is 35.5. The third kappa shape index (κ3) is 8.80. The Morgan fingerprint density at radius 2 is 1.72 bits per heavy atom. The third-order valence-corrected chi connectivity index (χ3v) is 11.2. The quantitative estimate of drug-likeness (QED) is 0.163. The van der Waals surface area contributed by atoms with Gasteiger partial charge in [0.2, 0.25) is 11.5 Å². The number of aliphatic carboxylic acids is 1. The van der Waals surface area contributed by atoms with Crippen molar-refractivity contribution in [3.8, 4) is 0 Å². The largest absolute Gasteiger partial charge is 0.481 e. The number of carboxylic acid groups (broad SMARTS) is 1. The van der Waals surface area contributed by atoms with E-state index in [0.717, 1.165) is 37.7 Å². The zero-order chi connectivity index (χ0) is 36.0. The molecular formula is C36H46Cl2N4O8. The summed E-state index contributed by atoms with van der Waals surface area (Å²) < 4.78 is 5.26. The molecule has 2 heterocycles. The SMILES string of the molecule is CC(C)[C@H](NC(=O)C1=CNC2CCCCC12)C1=NOC(Cc2ccccc2)(C(=O)N[C@@H](CC(=O)O)C(=O)COC(=O)C2C(Cl)CCCC2Cl)C1. The number of hydrogen-bond acceptors (Lipinski definition) is 9. The summed E-state index contributed by atoms with van der Waals surface area (Å²) in [5.41, 5.74) is 0.226. The van der Waals surface area contributed by atoms with Crippen LogP contribution in [-0.2, 0) is 40.0 Å². The van der Waals surface area contributed by atoms with Crippen molar-refractivity contribution < 1.29 is 38.7 Å². The molecule has 0 saturated heterocycles. The summed E-state index contributed by atoms with van der Waals surface area (Å²) in [7, 11) is 0. The molecule has 1 aromatic carbocycles. The van der Waals surface area contributed by atoms with Gasteiger partial charge in [-0.25, -0.2) is 0 Å². The van der Waals surface area contributed by atoms with E-state index in [9.17, 15) is 29.1 Å². The van der Waals surface area contributed by atoms with E-state index in [1.54, 1.807) is 0 Å². The number of hydrogen-bond donors (Lipinski definition) is 4. The van der Waals surface area contributed by atoms with Crippen LogP contribution in [0.15, 0.2) is 47.3 Å².